The maximum Gasteiger partial charge on any atom is 0.200 e. The molecule has 0 bridgehead atoms. The van der Waals surface area contributed by atoms with Crippen molar-refractivity contribution in [3.63, 3.8) is 0 Å². The fourth-order valence-corrected chi connectivity index (χ4v) is 2.35. The molecular weight excluding hydrogens is 299 g/mol. The van der Waals surface area contributed by atoms with Crippen molar-refractivity contribution in [2.45, 2.75) is 0 Å². The molecule has 4 nitrogen and oxygen atoms in total. The van der Waals surface area contributed by atoms with Gasteiger partial charge in [-0.05, 0) is 42.5 Å². The molecule has 0 unspecified atom stereocenters. The van der Waals surface area contributed by atoms with Gasteiger partial charge in [0.1, 0.15) is 5.82 Å². The Kier molecular flexibility index (Phi) is 3.33. The number of halogens is 2. The molecule has 0 aliphatic rings. The first-order chi connectivity index (χ1) is 9.65. The van der Waals surface area contributed by atoms with E-state index in [4.69, 9.17) is 23.8 Å². The predicted molar refractivity (Wildman–Crippen MR) is 76.9 cm³/mol. The van der Waals surface area contributed by atoms with E-state index in [2.05, 4.69) is 15.2 Å². The predicted octanol–water partition coefficient (Wildman–Crippen LogP) is 3.78. The minimum atomic E-state index is -0.437. The molecule has 0 saturated heterocycles. The summed E-state index contributed by atoms with van der Waals surface area (Å²) >= 11 is 11.1. The summed E-state index contributed by atoms with van der Waals surface area (Å²) in [5.74, 6) is 0.109. The molecular formula is C13H8ClFN4S. The van der Waals surface area contributed by atoms with Crippen LogP contribution in [-0.2, 0) is 0 Å². The smallest absolute Gasteiger partial charge is 0.200 e. The Balaban J connectivity index is 2.24. The summed E-state index contributed by atoms with van der Waals surface area (Å²) in [5, 5.41) is 7.15. The molecule has 7 heteroatoms. The Morgan fingerprint density at radius 1 is 1.30 bits per heavy atom. The lowest BCUT2D eigenvalue weighted by Gasteiger charge is -2.07. The van der Waals surface area contributed by atoms with E-state index in [1.807, 2.05) is 6.07 Å². The molecule has 3 rings (SSSR count). The van der Waals surface area contributed by atoms with Gasteiger partial charge in [0, 0.05) is 23.0 Å². The van der Waals surface area contributed by atoms with Crippen LogP contribution >= 0.6 is 23.8 Å². The Hall–Kier alpha value is -2.05. The molecule has 0 amide bonds. The number of benzene rings is 1. The molecule has 0 fully saturated rings. The third kappa shape index (κ3) is 2.35. The summed E-state index contributed by atoms with van der Waals surface area (Å²) in [6.45, 7) is 0. The quantitative estimate of drug-likeness (QED) is 0.733. The zero-order valence-electron chi connectivity index (χ0n) is 10.0. The maximum atomic E-state index is 13.5. The van der Waals surface area contributed by atoms with Crippen LogP contribution < -0.4 is 0 Å². The first-order valence-electron chi connectivity index (χ1n) is 5.69. The molecule has 0 atom stereocenters. The van der Waals surface area contributed by atoms with Gasteiger partial charge >= 0.3 is 0 Å². The van der Waals surface area contributed by atoms with E-state index >= 15 is 0 Å². The summed E-state index contributed by atoms with van der Waals surface area (Å²) in [5.41, 5.74) is 1.27. The van der Waals surface area contributed by atoms with Crippen molar-refractivity contribution < 1.29 is 4.39 Å². The van der Waals surface area contributed by atoms with Crippen LogP contribution in [0.5, 0.6) is 0 Å². The van der Waals surface area contributed by atoms with Crippen LogP contribution in [0.25, 0.3) is 17.1 Å². The lowest BCUT2D eigenvalue weighted by atomic mass is 10.2. The van der Waals surface area contributed by atoms with Gasteiger partial charge in [0.2, 0.25) is 0 Å². The number of aromatic nitrogens is 4. The van der Waals surface area contributed by atoms with Crippen LogP contribution in [0.4, 0.5) is 4.39 Å². The molecule has 2 heterocycles. The van der Waals surface area contributed by atoms with E-state index in [1.165, 1.54) is 12.1 Å². The fourth-order valence-electron chi connectivity index (χ4n) is 1.89. The number of aromatic amines is 1. The van der Waals surface area contributed by atoms with Crippen LogP contribution in [0, 0.1) is 10.6 Å². The number of hydrogen-bond donors (Lipinski definition) is 1. The van der Waals surface area contributed by atoms with Crippen molar-refractivity contribution in [2.24, 2.45) is 0 Å². The summed E-state index contributed by atoms with van der Waals surface area (Å²) in [7, 11) is 0. The van der Waals surface area contributed by atoms with Crippen molar-refractivity contribution in [3.05, 3.63) is 58.3 Å². The highest BCUT2D eigenvalue weighted by atomic mass is 35.5. The van der Waals surface area contributed by atoms with Gasteiger partial charge in [-0.2, -0.15) is 5.10 Å². The van der Waals surface area contributed by atoms with Crippen LogP contribution in [0.2, 0.25) is 5.02 Å². The van der Waals surface area contributed by atoms with E-state index in [0.717, 1.165) is 5.56 Å². The molecule has 0 spiro atoms. The molecule has 1 N–H and O–H groups in total. The first-order valence-corrected chi connectivity index (χ1v) is 6.48. The summed E-state index contributed by atoms with van der Waals surface area (Å²) in [6, 6.07) is 7.83. The van der Waals surface area contributed by atoms with Crippen molar-refractivity contribution in [1.82, 2.24) is 19.7 Å². The zero-order valence-corrected chi connectivity index (χ0v) is 11.6. The van der Waals surface area contributed by atoms with Crippen molar-refractivity contribution >= 4 is 23.8 Å². The van der Waals surface area contributed by atoms with Gasteiger partial charge in [0.15, 0.2) is 10.6 Å². The first kappa shape index (κ1) is 13.0. The Morgan fingerprint density at radius 2 is 2.15 bits per heavy atom. The highest BCUT2D eigenvalue weighted by Crippen LogP contribution is 2.23. The van der Waals surface area contributed by atoms with Crippen molar-refractivity contribution in [2.75, 3.05) is 0 Å². The normalized spacial score (nSPS) is 10.7. The molecule has 0 aliphatic heterocycles. The molecule has 3 aromatic rings. The van der Waals surface area contributed by atoms with E-state index in [0.29, 0.717) is 21.3 Å². The standard InChI is InChI=1S/C13H8ClFN4S/c14-9-4-10(15)6-11(5-9)19-12(17-18-13(19)20)8-2-1-3-16-7-8/h1-7H,(H,18,20). The largest absolute Gasteiger partial charge is 0.268 e. The van der Waals surface area contributed by atoms with Crippen molar-refractivity contribution in [1.29, 1.82) is 0 Å². The molecule has 1 aromatic carbocycles. The Labute approximate surface area is 123 Å². The lowest BCUT2D eigenvalue weighted by molar-refractivity contribution is 0.626. The average Bonchev–Trinajstić information content (AvgIpc) is 2.80. The highest BCUT2D eigenvalue weighted by Gasteiger charge is 2.12. The molecule has 0 radical (unpaired) electrons. The van der Waals surface area contributed by atoms with Gasteiger partial charge in [-0.3, -0.25) is 14.6 Å². The second-order valence-electron chi connectivity index (χ2n) is 4.06. The SMILES string of the molecule is Fc1cc(Cl)cc(-n2c(-c3cccnc3)n[nH]c2=S)c1. The summed E-state index contributed by atoms with van der Waals surface area (Å²) < 4.78 is 15.5. The van der Waals surface area contributed by atoms with E-state index in [9.17, 15) is 4.39 Å². The van der Waals surface area contributed by atoms with Gasteiger partial charge in [-0.1, -0.05) is 11.6 Å². The van der Waals surface area contributed by atoms with E-state index < -0.39 is 5.82 Å². The topological polar surface area (TPSA) is 46.5 Å². The van der Waals surface area contributed by atoms with E-state index in [-0.39, 0.29) is 0 Å². The van der Waals surface area contributed by atoms with Gasteiger partial charge < -0.3 is 0 Å². The third-order valence-corrected chi connectivity index (χ3v) is 3.19. The number of pyridine rings is 1. The molecule has 2 aromatic heterocycles. The third-order valence-electron chi connectivity index (χ3n) is 2.70. The van der Waals surface area contributed by atoms with Crippen LogP contribution in [-0.4, -0.2) is 19.7 Å². The number of nitrogens with zero attached hydrogens (tertiary/aromatic N) is 3. The molecule has 20 heavy (non-hydrogen) atoms. The lowest BCUT2D eigenvalue weighted by Crippen LogP contribution is -1.98. The number of hydrogen-bond acceptors (Lipinski definition) is 3. The second kappa shape index (κ2) is 5.15. The van der Waals surface area contributed by atoms with Gasteiger partial charge in [0.25, 0.3) is 0 Å². The fraction of sp³-hybridized carbons (Fsp3) is 0. The number of nitrogens with one attached hydrogen (secondary N) is 1. The summed E-state index contributed by atoms with van der Waals surface area (Å²) in [4.78, 5) is 4.04. The molecule has 0 saturated carbocycles. The average molecular weight is 307 g/mol. The monoisotopic (exact) mass is 306 g/mol. The molecule has 0 aliphatic carbocycles. The van der Waals surface area contributed by atoms with Gasteiger partial charge in [-0.25, -0.2) is 4.39 Å². The molecule has 100 valence electrons. The number of rotatable bonds is 2. The number of H-pyrrole nitrogens is 1. The van der Waals surface area contributed by atoms with Gasteiger partial charge in [0.05, 0.1) is 5.69 Å². The van der Waals surface area contributed by atoms with Crippen molar-refractivity contribution in [3.8, 4) is 17.1 Å². The zero-order chi connectivity index (χ0) is 14.1. The van der Waals surface area contributed by atoms with E-state index in [1.54, 1.807) is 29.1 Å². The Bertz CT molecular complexity index is 792. The minimum Gasteiger partial charge on any atom is -0.268 e. The second-order valence-corrected chi connectivity index (χ2v) is 4.88. The van der Waals surface area contributed by atoms with Crippen LogP contribution in [0.1, 0.15) is 0 Å². The van der Waals surface area contributed by atoms with Crippen LogP contribution in [0.3, 0.4) is 0 Å². The minimum absolute atomic E-state index is 0.292. The van der Waals surface area contributed by atoms with Crippen LogP contribution in [0.15, 0.2) is 42.7 Å². The Morgan fingerprint density at radius 3 is 2.85 bits per heavy atom. The highest BCUT2D eigenvalue weighted by molar-refractivity contribution is 7.71. The summed E-state index contributed by atoms with van der Waals surface area (Å²) in [6.07, 6.45) is 3.32. The maximum absolute atomic E-state index is 13.5. The van der Waals surface area contributed by atoms with Gasteiger partial charge in [-0.15, -0.1) is 0 Å².